The summed E-state index contributed by atoms with van der Waals surface area (Å²) in [6.07, 6.45) is 0.891. The van der Waals surface area contributed by atoms with E-state index in [1.165, 1.54) is 13.8 Å². The molecule has 0 rings (SSSR count). The van der Waals surface area contributed by atoms with Gasteiger partial charge in [-0.2, -0.15) is 0 Å². The number of allylic oxidation sites excluding steroid dienone is 2. The van der Waals surface area contributed by atoms with E-state index in [-0.39, 0.29) is 5.78 Å². The Morgan fingerprint density at radius 3 is 1.64 bits per heavy atom. The summed E-state index contributed by atoms with van der Waals surface area (Å²) in [4.78, 5) is 20.4. The third-order valence-corrected chi connectivity index (χ3v) is 0.701. The topological polar surface area (TPSA) is 54.4 Å². The van der Waals surface area contributed by atoms with Crippen LogP contribution in [0.15, 0.2) is 11.8 Å². The second-order valence-corrected chi connectivity index (χ2v) is 1.70. The van der Waals surface area contributed by atoms with E-state index in [2.05, 4.69) is 0 Å². The average Bonchev–Trinajstić information content (AvgIpc) is 1.90. The highest BCUT2D eigenvalue weighted by molar-refractivity contribution is 5.98. The van der Waals surface area contributed by atoms with Crippen LogP contribution in [0.5, 0.6) is 0 Å². The fourth-order valence-corrected chi connectivity index (χ4v) is 0.294. The summed E-state index contributed by atoms with van der Waals surface area (Å²) in [5.74, 6) is -1.31. The summed E-state index contributed by atoms with van der Waals surface area (Å²) in [6, 6.07) is 0. The number of carbonyl (C=O) groups is 2. The predicted molar refractivity (Wildman–Crippen MR) is 43.4 cm³/mol. The van der Waals surface area contributed by atoms with Gasteiger partial charge in [0.05, 0.1) is 0 Å². The lowest BCUT2D eigenvalue weighted by Crippen LogP contribution is -1.97. The molecule has 3 heteroatoms. The Hall–Kier alpha value is -1.12. The van der Waals surface area contributed by atoms with Crippen molar-refractivity contribution in [2.45, 2.75) is 27.7 Å². The van der Waals surface area contributed by atoms with Crippen molar-refractivity contribution >= 4 is 11.6 Å². The van der Waals surface area contributed by atoms with E-state index in [1.807, 2.05) is 13.8 Å². The van der Waals surface area contributed by atoms with Crippen LogP contribution in [-0.2, 0) is 9.59 Å². The van der Waals surface area contributed by atoms with Crippen LogP contribution < -0.4 is 0 Å². The summed E-state index contributed by atoms with van der Waals surface area (Å²) in [5.41, 5.74) is 0. The normalized spacial score (nSPS) is 9.64. The molecule has 0 saturated carbocycles. The standard InChI is InChI=1S/C6H8O3.C2H6/c1-4(7)3-6(9)5(2)8;1-2/h3,9H,1-2H3;1-2H3/b6-3+;. The van der Waals surface area contributed by atoms with Gasteiger partial charge in [0.25, 0.3) is 0 Å². The summed E-state index contributed by atoms with van der Waals surface area (Å²) in [5, 5.41) is 8.59. The summed E-state index contributed by atoms with van der Waals surface area (Å²) in [7, 11) is 0. The molecule has 3 nitrogen and oxygen atoms in total. The van der Waals surface area contributed by atoms with E-state index in [9.17, 15) is 9.59 Å². The van der Waals surface area contributed by atoms with E-state index in [0.717, 1.165) is 6.08 Å². The minimum absolute atomic E-state index is 0.331. The summed E-state index contributed by atoms with van der Waals surface area (Å²) < 4.78 is 0. The molecule has 0 heterocycles. The van der Waals surface area contributed by atoms with Crippen molar-refractivity contribution in [3.05, 3.63) is 11.8 Å². The van der Waals surface area contributed by atoms with E-state index < -0.39 is 11.5 Å². The Balaban J connectivity index is 0. The highest BCUT2D eigenvalue weighted by Crippen LogP contribution is 1.88. The maximum absolute atomic E-state index is 10.2. The maximum Gasteiger partial charge on any atom is 0.194 e. The molecule has 0 aromatic heterocycles. The van der Waals surface area contributed by atoms with Crippen LogP contribution in [0.1, 0.15) is 27.7 Å². The zero-order valence-corrected chi connectivity index (χ0v) is 7.34. The lowest BCUT2D eigenvalue weighted by molar-refractivity contribution is -0.117. The Bertz CT molecular complexity index is 168. The van der Waals surface area contributed by atoms with Gasteiger partial charge in [-0.3, -0.25) is 9.59 Å². The SMILES string of the molecule is CC.CC(=O)/C=C(/O)C(C)=O. The van der Waals surface area contributed by atoms with Gasteiger partial charge in [-0.05, 0) is 6.92 Å². The van der Waals surface area contributed by atoms with Crippen molar-refractivity contribution in [3.8, 4) is 0 Å². The van der Waals surface area contributed by atoms with Crippen LogP contribution in [0, 0.1) is 0 Å². The van der Waals surface area contributed by atoms with Crippen LogP contribution >= 0.6 is 0 Å². The molecule has 0 atom stereocenters. The minimum atomic E-state index is -0.495. The predicted octanol–water partition coefficient (Wildman–Crippen LogP) is 1.63. The quantitative estimate of drug-likeness (QED) is 0.491. The fourth-order valence-electron chi connectivity index (χ4n) is 0.294. The maximum atomic E-state index is 10.2. The number of Topliss-reactive ketones (excluding diaryl/α,β-unsaturated/α-hetero) is 1. The van der Waals surface area contributed by atoms with Crippen molar-refractivity contribution in [1.29, 1.82) is 0 Å². The first-order chi connectivity index (χ1) is 5.04. The number of carbonyl (C=O) groups excluding carboxylic acids is 2. The van der Waals surface area contributed by atoms with Gasteiger partial charge in [0.2, 0.25) is 0 Å². The number of hydrogen-bond donors (Lipinski definition) is 1. The van der Waals surface area contributed by atoms with Crippen molar-refractivity contribution < 1.29 is 14.7 Å². The van der Waals surface area contributed by atoms with Crippen LogP contribution in [-0.4, -0.2) is 16.7 Å². The molecule has 0 saturated heterocycles. The fraction of sp³-hybridized carbons (Fsp3) is 0.500. The Morgan fingerprint density at radius 1 is 1.18 bits per heavy atom. The molecule has 0 aromatic rings. The smallest absolute Gasteiger partial charge is 0.194 e. The Kier molecular flexibility index (Phi) is 7.98. The molecule has 0 aliphatic rings. The lowest BCUT2D eigenvalue weighted by atomic mass is 10.3. The Morgan fingerprint density at radius 2 is 1.55 bits per heavy atom. The van der Waals surface area contributed by atoms with Gasteiger partial charge in [0.1, 0.15) is 0 Å². The number of ketones is 2. The van der Waals surface area contributed by atoms with Gasteiger partial charge >= 0.3 is 0 Å². The molecule has 0 radical (unpaired) electrons. The van der Waals surface area contributed by atoms with Crippen LogP contribution in [0.3, 0.4) is 0 Å². The third kappa shape index (κ3) is 8.88. The molecule has 1 N–H and O–H groups in total. The summed E-state index contributed by atoms with van der Waals surface area (Å²) in [6.45, 7) is 6.45. The van der Waals surface area contributed by atoms with Crippen molar-refractivity contribution in [2.75, 3.05) is 0 Å². The molecule has 11 heavy (non-hydrogen) atoms. The number of aliphatic hydroxyl groups excluding tert-OH is 1. The molecule has 0 spiro atoms. The van der Waals surface area contributed by atoms with Gasteiger partial charge in [0, 0.05) is 13.0 Å². The molecule has 0 unspecified atom stereocenters. The Labute approximate surface area is 66.7 Å². The van der Waals surface area contributed by atoms with E-state index in [1.54, 1.807) is 0 Å². The first-order valence-electron chi connectivity index (χ1n) is 3.46. The molecule has 64 valence electrons. The first kappa shape index (κ1) is 12.5. The molecular weight excluding hydrogens is 144 g/mol. The van der Waals surface area contributed by atoms with Gasteiger partial charge < -0.3 is 5.11 Å². The van der Waals surface area contributed by atoms with Gasteiger partial charge in [-0.25, -0.2) is 0 Å². The molecule has 0 amide bonds. The molecule has 0 aliphatic carbocycles. The highest BCUT2D eigenvalue weighted by atomic mass is 16.3. The second kappa shape index (κ2) is 6.99. The van der Waals surface area contributed by atoms with Crippen LogP contribution in [0.25, 0.3) is 0 Å². The van der Waals surface area contributed by atoms with Crippen molar-refractivity contribution in [2.24, 2.45) is 0 Å². The van der Waals surface area contributed by atoms with Gasteiger partial charge in [-0.15, -0.1) is 0 Å². The monoisotopic (exact) mass is 158 g/mol. The number of aliphatic hydroxyl groups is 1. The number of hydrogen-bond acceptors (Lipinski definition) is 3. The van der Waals surface area contributed by atoms with E-state index >= 15 is 0 Å². The zero-order chi connectivity index (χ0) is 9.44. The largest absolute Gasteiger partial charge is 0.504 e. The van der Waals surface area contributed by atoms with Gasteiger partial charge in [0.15, 0.2) is 17.3 Å². The minimum Gasteiger partial charge on any atom is -0.504 e. The molecule has 0 bridgehead atoms. The molecular formula is C8H14O3. The van der Waals surface area contributed by atoms with Gasteiger partial charge in [-0.1, -0.05) is 13.8 Å². The van der Waals surface area contributed by atoms with Crippen LogP contribution in [0.2, 0.25) is 0 Å². The van der Waals surface area contributed by atoms with Crippen molar-refractivity contribution in [1.82, 2.24) is 0 Å². The molecule has 0 fully saturated rings. The second-order valence-electron chi connectivity index (χ2n) is 1.70. The van der Waals surface area contributed by atoms with Crippen molar-refractivity contribution in [3.63, 3.8) is 0 Å². The molecule has 0 aliphatic heterocycles. The highest BCUT2D eigenvalue weighted by Gasteiger charge is 1.99. The lowest BCUT2D eigenvalue weighted by Gasteiger charge is -1.87. The third-order valence-electron chi connectivity index (χ3n) is 0.701. The first-order valence-corrected chi connectivity index (χ1v) is 3.46. The molecule has 0 aromatic carbocycles. The summed E-state index contributed by atoms with van der Waals surface area (Å²) >= 11 is 0. The zero-order valence-electron chi connectivity index (χ0n) is 7.34. The van der Waals surface area contributed by atoms with Crippen LogP contribution in [0.4, 0.5) is 0 Å². The number of rotatable bonds is 2. The average molecular weight is 158 g/mol. The van der Waals surface area contributed by atoms with E-state index in [0.29, 0.717) is 0 Å². The van der Waals surface area contributed by atoms with E-state index in [4.69, 9.17) is 5.11 Å².